The summed E-state index contributed by atoms with van der Waals surface area (Å²) in [5, 5.41) is 6.95. The SMILES string of the molecule is O=C(Nc1nc2c(s1)CCCC2C(=O)NCc1ccccc1Cl)c1ccc2c(c1)OCO2. The number of thiazole rings is 1. The Labute approximate surface area is 193 Å². The van der Waals surface area contributed by atoms with Crippen LogP contribution in [0.2, 0.25) is 5.02 Å². The van der Waals surface area contributed by atoms with E-state index < -0.39 is 0 Å². The van der Waals surface area contributed by atoms with Gasteiger partial charge in [-0.15, -0.1) is 11.3 Å². The van der Waals surface area contributed by atoms with E-state index in [-0.39, 0.29) is 24.5 Å². The maximum atomic E-state index is 12.9. The Morgan fingerprint density at radius 3 is 2.88 bits per heavy atom. The van der Waals surface area contributed by atoms with Crippen LogP contribution in [0.4, 0.5) is 5.13 Å². The maximum Gasteiger partial charge on any atom is 0.257 e. The summed E-state index contributed by atoms with van der Waals surface area (Å²) in [5.41, 5.74) is 2.07. The number of carbonyl (C=O) groups excluding carboxylic acids is 2. The number of halogens is 1. The molecule has 0 spiro atoms. The first-order valence-electron chi connectivity index (χ1n) is 10.3. The van der Waals surface area contributed by atoms with Crippen molar-refractivity contribution in [3.8, 4) is 11.5 Å². The minimum atomic E-state index is -0.339. The first kappa shape index (κ1) is 20.8. The summed E-state index contributed by atoms with van der Waals surface area (Å²) < 4.78 is 10.6. The molecule has 1 aromatic heterocycles. The molecule has 5 rings (SSSR count). The molecule has 2 N–H and O–H groups in total. The first-order valence-corrected chi connectivity index (χ1v) is 11.5. The summed E-state index contributed by atoms with van der Waals surface area (Å²) in [7, 11) is 0. The van der Waals surface area contributed by atoms with Gasteiger partial charge in [0.2, 0.25) is 12.7 Å². The lowest BCUT2D eigenvalue weighted by Gasteiger charge is -2.20. The van der Waals surface area contributed by atoms with Gasteiger partial charge in [0, 0.05) is 22.0 Å². The van der Waals surface area contributed by atoms with Crippen LogP contribution >= 0.6 is 22.9 Å². The Balaban J connectivity index is 1.28. The van der Waals surface area contributed by atoms with E-state index >= 15 is 0 Å². The Morgan fingerprint density at radius 2 is 2.00 bits per heavy atom. The van der Waals surface area contributed by atoms with Crippen LogP contribution in [0.5, 0.6) is 11.5 Å². The third-order valence-electron chi connectivity index (χ3n) is 5.54. The number of carbonyl (C=O) groups is 2. The van der Waals surface area contributed by atoms with Crippen molar-refractivity contribution in [2.45, 2.75) is 31.7 Å². The summed E-state index contributed by atoms with van der Waals surface area (Å²) >= 11 is 7.61. The topological polar surface area (TPSA) is 89.6 Å². The van der Waals surface area contributed by atoms with Gasteiger partial charge in [-0.05, 0) is 49.1 Å². The van der Waals surface area contributed by atoms with Gasteiger partial charge in [0.15, 0.2) is 16.6 Å². The van der Waals surface area contributed by atoms with Crippen LogP contribution < -0.4 is 20.1 Å². The molecule has 2 aromatic carbocycles. The second kappa shape index (κ2) is 8.80. The molecular weight excluding hydrogens is 450 g/mol. The monoisotopic (exact) mass is 469 g/mol. The number of benzene rings is 2. The fourth-order valence-corrected chi connectivity index (χ4v) is 5.14. The highest BCUT2D eigenvalue weighted by atomic mass is 35.5. The highest BCUT2D eigenvalue weighted by Gasteiger charge is 2.30. The van der Waals surface area contributed by atoms with Gasteiger partial charge in [0.05, 0.1) is 11.6 Å². The number of nitrogens with one attached hydrogen (secondary N) is 2. The molecule has 1 aliphatic heterocycles. The van der Waals surface area contributed by atoms with Gasteiger partial charge in [-0.1, -0.05) is 29.8 Å². The molecule has 9 heteroatoms. The molecule has 2 heterocycles. The molecule has 2 aliphatic rings. The van der Waals surface area contributed by atoms with Crippen molar-refractivity contribution < 1.29 is 19.1 Å². The van der Waals surface area contributed by atoms with Crippen molar-refractivity contribution >= 4 is 39.9 Å². The lowest BCUT2D eigenvalue weighted by molar-refractivity contribution is -0.123. The van der Waals surface area contributed by atoms with Crippen molar-refractivity contribution in [1.82, 2.24) is 10.3 Å². The van der Waals surface area contributed by atoms with Gasteiger partial charge in [0.25, 0.3) is 5.91 Å². The van der Waals surface area contributed by atoms with Crippen LogP contribution in [-0.2, 0) is 17.8 Å². The second-order valence-corrected chi connectivity index (χ2v) is 9.09. The molecule has 0 saturated heterocycles. The number of hydrogen-bond donors (Lipinski definition) is 2. The van der Waals surface area contributed by atoms with E-state index in [1.54, 1.807) is 24.3 Å². The van der Waals surface area contributed by atoms with Crippen LogP contribution in [-0.4, -0.2) is 23.6 Å². The Morgan fingerprint density at radius 1 is 1.16 bits per heavy atom. The van der Waals surface area contributed by atoms with E-state index in [9.17, 15) is 9.59 Å². The number of rotatable bonds is 5. The predicted octanol–water partition coefficient (Wildman–Crippen LogP) is 4.51. The molecular formula is C23H20ClN3O4S. The van der Waals surface area contributed by atoms with Gasteiger partial charge < -0.3 is 14.8 Å². The molecule has 0 bridgehead atoms. The predicted molar refractivity (Wildman–Crippen MR) is 122 cm³/mol. The third-order valence-corrected chi connectivity index (χ3v) is 6.95. The standard InChI is InChI=1S/C23H20ClN3O4S/c24-16-6-2-1-4-14(16)11-25-22(29)15-5-3-7-19-20(15)26-23(32-19)27-21(28)13-8-9-17-18(10-13)31-12-30-17/h1-2,4,6,8-10,15H,3,5,7,11-12H2,(H,25,29)(H,26,27,28). The van der Waals surface area contributed by atoms with Gasteiger partial charge in [-0.25, -0.2) is 4.98 Å². The van der Waals surface area contributed by atoms with Crippen molar-refractivity contribution in [1.29, 1.82) is 0 Å². The second-order valence-electron chi connectivity index (χ2n) is 7.60. The molecule has 7 nitrogen and oxygen atoms in total. The number of ether oxygens (including phenoxy) is 2. The van der Waals surface area contributed by atoms with Crippen LogP contribution in [0.15, 0.2) is 42.5 Å². The fraction of sp³-hybridized carbons (Fsp3) is 0.261. The molecule has 1 aliphatic carbocycles. The number of nitrogens with zero attached hydrogens (tertiary/aromatic N) is 1. The van der Waals surface area contributed by atoms with E-state index in [0.29, 0.717) is 33.8 Å². The summed E-state index contributed by atoms with van der Waals surface area (Å²) in [6, 6.07) is 12.5. The van der Waals surface area contributed by atoms with Crippen LogP contribution in [0.25, 0.3) is 0 Å². The zero-order valence-electron chi connectivity index (χ0n) is 17.0. The number of amides is 2. The zero-order chi connectivity index (χ0) is 22.1. The van der Waals surface area contributed by atoms with Gasteiger partial charge in [0.1, 0.15) is 0 Å². The van der Waals surface area contributed by atoms with E-state index in [2.05, 4.69) is 15.6 Å². The highest BCUT2D eigenvalue weighted by Crippen LogP contribution is 2.37. The Kier molecular flexibility index (Phi) is 5.71. The Bertz CT molecular complexity index is 1200. The van der Waals surface area contributed by atoms with Crippen LogP contribution in [0.3, 0.4) is 0 Å². The summed E-state index contributed by atoms with van der Waals surface area (Å²) in [6.07, 6.45) is 2.47. The van der Waals surface area contributed by atoms with E-state index in [0.717, 1.165) is 35.4 Å². The van der Waals surface area contributed by atoms with Crippen molar-refractivity contribution in [2.24, 2.45) is 0 Å². The molecule has 164 valence electrons. The lowest BCUT2D eigenvalue weighted by Crippen LogP contribution is -2.31. The normalized spacial score (nSPS) is 16.3. The van der Waals surface area contributed by atoms with E-state index in [1.807, 2.05) is 18.2 Å². The zero-order valence-corrected chi connectivity index (χ0v) is 18.6. The van der Waals surface area contributed by atoms with Crippen molar-refractivity contribution in [3.05, 3.63) is 69.2 Å². The molecule has 0 radical (unpaired) electrons. The Hall–Kier alpha value is -3.10. The van der Waals surface area contributed by atoms with Crippen molar-refractivity contribution in [2.75, 3.05) is 12.1 Å². The third kappa shape index (κ3) is 4.16. The smallest absolute Gasteiger partial charge is 0.257 e. The number of aromatic nitrogens is 1. The van der Waals surface area contributed by atoms with Gasteiger partial charge in [-0.2, -0.15) is 0 Å². The van der Waals surface area contributed by atoms with Gasteiger partial charge >= 0.3 is 0 Å². The first-order chi connectivity index (χ1) is 15.6. The largest absolute Gasteiger partial charge is 0.454 e. The van der Waals surface area contributed by atoms with Crippen LogP contribution in [0, 0.1) is 0 Å². The van der Waals surface area contributed by atoms with E-state index in [4.69, 9.17) is 21.1 Å². The molecule has 32 heavy (non-hydrogen) atoms. The molecule has 2 amide bonds. The van der Waals surface area contributed by atoms with Crippen molar-refractivity contribution in [3.63, 3.8) is 0 Å². The molecule has 1 atom stereocenters. The van der Waals surface area contributed by atoms with Crippen LogP contribution in [0.1, 0.15) is 45.3 Å². The molecule has 1 unspecified atom stereocenters. The molecule has 0 saturated carbocycles. The number of anilines is 1. The quantitative estimate of drug-likeness (QED) is 0.573. The number of hydrogen-bond acceptors (Lipinski definition) is 6. The number of fused-ring (bicyclic) bond motifs is 2. The summed E-state index contributed by atoms with van der Waals surface area (Å²) in [6.45, 7) is 0.516. The minimum absolute atomic E-state index is 0.0789. The van der Waals surface area contributed by atoms with Gasteiger partial charge in [-0.3, -0.25) is 14.9 Å². The number of aryl methyl sites for hydroxylation is 1. The summed E-state index contributed by atoms with van der Waals surface area (Å²) in [4.78, 5) is 31.2. The highest BCUT2D eigenvalue weighted by molar-refractivity contribution is 7.16. The molecule has 3 aromatic rings. The average molecular weight is 470 g/mol. The molecule has 0 fully saturated rings. The summed E-state index contributed by atoms with van der Waals surface area (Å²) in [5.74, 6) is 0.468. The maximum absolute atomic E-state index is 12.9. The average Bonchev–Trinajstić information content (AvgIpc) is 3.43. The fourth-order valence-electron chi connectivity index (χ4n) is 3.88. The lowest BCUT2D eigenvalue weighted by atomic mass is 9.90. The van der Waals surface area contributed by atoms with E-state index in [1.165, 1.54) is 11.3 Å². The minimum Gasteiger partial charge on any atom is -0.454 e.